The van der Waals surface area contributed by atoms with E-state index >= 15 is 0 Å². The second-order valence-corrected chi connectivity index (χ2v) is 10.1. The van der Waals surface area contributed by atoms with Crippen molar-refractivity contribution in [3.05, 3.63) is 71.1 Å². The lowest BCUT2D eigenvalue weighted by atomic mass is 10.1. The molecule has 0 aliphatic rings. The molecular formula is C28H30N2O7S2. The maximum absolute atomic E-state index is 12.8. The topological polar surface area (TPSA) is 120 Å². The van der Waals surface area contributed by atoms with E-state index in [1.54, 1.807) is 37.3 Å². The molecule has 0 aliphatic heterocycles. The summed E-state index contributed by atoms with van der Waals surface area (Å²) in [4.78, 5) is 51.9. The first kappa shape index (κ1) is 29.7. The molecule has 0 saturated heterocycles. The van der Waals surface area contributed by atoms with Gasteiger partial charge in [0.1, 0.15) is 16.7 Å². The van der Waals surface area contributed by atoms with Gasteiger partial charge in [-0.25, -0.2) is 9.59 Å². The quantitative estimate of drug-likeness (QED) is 0.286. The molecule has 2 amide bonds. The number of hydrogen-bond donors (Lipinski definition) is 2. The second-order valence-electron chi connectivity index (χ2n) is 8.10. The molecule has 1 atom stereocenters. The van der Waals surface area contributed by atoms with Gasteiger partial charge in [0.15, 0.2) is 6.61 Å². The van der Waals surface area contributed by atoms with Crippen LogP contribution in [0.1, 0.15) is 33.4 Å². The first-order chi connectivity index (χ1) is 18.9. The molecule has 0 radical (unpaired) electrons. The van der Waals surface area contributed by atoms with Crippen LogP contribution in [0.5, 0.6) is 5.75 Å². The number of anilines is 1. The lowest BCUT2D eigenvalue weighted by molar-refractivity contribution is -0.149. The standard InChI is InChI=1S/C28H30N2O7S2/c1-4-36-28(34)25-21(16-23(39-25)18-10-6-5-7-11-18)29-24(31)17-37-27(33)20(14-15-38-3)30-26(32)19-12-8-9-13-22(19)35-2/h5-13,16,20H,4,14-15,17H2,1-3H3,(H,29,31)(H,30,32). The Morgan fingerprint density at radius 2 is 1.72 bits per heavy atom. The van der Waals surface area contributed by atoms with Crippen molar-refractivity contribution in [3.8, 4) is 16.2 Å². The highest BCUT2D eigenvalue weighted by Crippen LogP contribution is 2.35. The third kappa shape index (κ3) is 8.33. The smallest absolute Gasteiger partial charge is 0.350 e. The number of carbonyl (C=O) groups is 4. The predicted octanol–water partition coefficient (Wildman–Crippen LogP) is 4.63. The van der Waals surface area contributed by atoms with Gasteiger partial charge >= 0.3 is 11.9 Å². The molecule has 0 saturated carbocycles. The van der Waals surface area contributed by atoms with Gasteiger partial charge in [0.2, 0.25) is 0 Å². The molecule has 0 bridgehead atoms. The van der Waals surface area contributed by atoms with Gasteiger partial charge in [-0.3, -0.25) is 9.59 Å². The van der Waals surface area contributed by atoms with Gasteiger partial charge in [0, 0.05) is 4.88 Å². The van der Waals surface area contributed by atoms with Crippen molar-refractivity contribution in [2.45, 2.75) is 19.4 Å². The van der Waals surface area contributed by atoms with Crippen molar-refractivity contribution in [2.24, 2.45) is 0 Å². The number of carbonyl (C=O) groups excluding carboxylic acids is 4. The highest BCUT2D eigenvalue weighted by molar-refractivity contribution is 7.98. The lowest BCUT2D eigenvalue weighted by Crippen LogP contribution is -2.43. The van der Waals surface area contributed by atoms with Crippen molar-refractivity contribution >= 4 is 52.5 Å². The van der Waals surface area contributed by atoms with Crippen molar-refractivity contribution in [3.63, 3.8) is 0 Å². The van der Waals surface area contributed by atoms with Crippen molar-refractivity contribution < 1.29 is 33.4 Å². The van der Waals surface area contributed by atoms with E-state index in [0.717, 1.165) is 10.4 Å². The maximum atomic E-state index is 12.8. The fourth-order valence-corrected chi connectivity index (χ4v) is 5.04. The monoisotopic (exact) mass is 570 g/mol. The highest BCUT2D eigenvalue weighted by atomic mass is 32.2. The molecule has 9 nitrogen and oxygen atoms in total. The summed E-state index contributed by atoms with van der Waals surface area (Å²) in [5, 5.41) is 5.32. The molecule has 0 aliphatic carbocycles. The van der Waals surface area contributed by atoms with Crippen molar-refractivity contribution in [2.75, 3.05) is 37.6 Å². The van der Waals surface area contributed by atoms with Gasteiger partial charge in [-0.15, -0.1) is 11.3 Å². The van der Waals surface area contributed by atoms with Gasteiger partial charge in [0.25, 0.3) is 11.8 Å². The van der Waals surface area contributed by atoms with Crippen LogP contribution in [0.25, 0.3) is 10.4 Å². The van der Waals surface area contributed by atoms with E-state index in [0.29, 0.717) is 17.9 Å². The summed E-state index contributed by atoms with van der Waals surface area (Å²) in [6.07, 6.45) is 2.18. The molecule has 2 aromatic carbocycles. The van der Waals surface area contributed by atoms with E-state index in [4.69, 9.17) is 14.2 Å². The minimum Gasteiger partial charge on any atom is -0.496 e. The second kappa shape index (κ2) is 14.9. The van der Waals surface area contributed by atoms with E-state index in [1.807, 2.05) is 36.6 Å². The number of hydrogen-bond acceptors (Lipinski definition) is 9. The first-order valence-electron chi connectivity index (χ1n) is 12.1. The van der Waals surface area contributed by atoms with Crippen LogP contribution in [0.3, 0.4) is 0 Å². The molecule has 0 spiro atoms. The number of amides is 2. The molecule has 3 rings (SSSR count). The lowest BCUT2D eigenvalue weighted by Gasteiger charge is -2.18. The third-order valence-corrected chi connectivity index (χ3v) is 7.23. The van der Waals surface area contributed by atoms with Crippen LogP contribution in [-0.2, 0) is 19.1 Å². The molecule has 11 heteroatoms. The van der Waals surface area contributed by atoms with Crippen LogP contribution >= 0.6 is 23.1 Å². The molecule has 206 valence electrons. The van der Waals surface area contributed by atoms with Crippen LogP contribution in [-0.4, -0.2) is 62.1 Å². The number of nitrogens with one attached hydrogen (secondary N) is 2. The predicted molar refractivity (Wildman–Crippen MR) is 153 cm³/mol. The maximum Gasteiger partial charge on any atom is 0.350 e. The Kier molecular flexibility index (Phi) is 11.4. The zero-order valence-electron chi connectivity index (χ0n) is 21.9. The molecule has 3 aromatic rings. The molecule has 1 unspecified atom stereocenters. The molecule has 1 aromatic heterocycles. The Labute approximate surface area is 235 Å². The van der Waals surface area contributed by atoms with Gasteiger partial charge in [-0.05, 0) is 49.1 Å². The number of ether oxygens (including phenoxy) is 3. The van der Waals surface area contributed by atoms with E-state index in [9.17, 15) is 19.2 Å². The molecular weight excluding hydrogens is 540 g/mol. The first-order valence-corrected chi connectivity index (χ1v) is 14.3. The molecule has 39 heavy (non-hydrogen) atoms. The summed E-state index contributed by atoms with van der Waals surface area (Å²) < 4.78 is 15.6. The van der Waals surface area contributed by atoms with Crippen LogP contribution in [0.2, 0.25) is 0 Å². The van der Waals surface area contributed by atoms with E-state index < -0.39 is 36.4 Å². The zero-order valence-corrected chi connectivity index (χ0v) is 23.5. The normalized spacial score (nSPS) is 11.3. The summed E-state index contributed by atoms with van der Waals surface area (Å²) in [5.41, 5.74) is 1.42. The van der Waals surface area contributed by atoms with E-state index in [-0.39, 0.29) is 22.7 Å². The van der Waals surface area contributed by atoms with Gasteiger partial charge in [-0.2, -0.15) is 11.8 Å². The summed E-state index contributed by atoms with van der Waals surface area (Å²) in [5.74, 6) is -1.49. The molecule has 0 fully saturated rings. The average molecular weight is 571 g/mol. The minimum atomic E-state index is -0.969. The number of methoxy groups -OCH3 is 1. The fraction of sp³-hybridized carbons (Fsp3) is 0.286. The molecule has 2 N–H and O–H groups in total. The summed E-state index contributed by atoms with van der Waals surface area (Å²) in [6, 6.07) is 16.8. The third-order valence-electron chi connectivity index (χ3n) is 5.42. The van der Waals surface area contributed by atoms with Gasteiger partial charge in [-0.1, -0.05) is 42.5 Å². The van der Waals surface area contributed by atoms with Gasteiger partial charge in [0.05, 0.1) is 25.0 Å². The molecule has 1 heterocycles. The number of thioether (sulfide) groups is 1. The number of para-hydroxylation sites is 1. The van der Waals surface area contributed by atoms with E-state index in [1.165, 1.54) is 30.2 Å². The largest absolute Gasteiger partial charge is 0.496 e. The van der Waals surface area contributed by atoms with Crippen LogP contribution < -0.4 is 15.4 Å². The average Bonchev–Trinajstić information content (AvgIpc) is 3.38. The van der Waals surface area contributed by atoms with Crippen LogP contribution in [0, 0.1) is 0 Å². The Bertz CT molecular complexity index is 1290. The fourth-order valence-electron chi connectivity index (χ4n) is 3.55. The summed E-state index contributed by atoms with van der Waals surface area (Å²) >= 11 is 2.70. The van der Waals surface area contributed by atoms with E-state index in [2.05, 4.69) is 10.6 Å². The van der Waals surface area contributed by atoms with Gasteiger partial charge < -0.3 is 24.8 Å². The van der Waals surface area contributed by atoms with Crippen LogP contribution in [0.4, 0.5) is 5.69 Å². The summed E-state index contributed by atoms with van der Waals surface area (Å²) in [7, 11) is 1.45. The Morgan fingerprint density at radius 3 is 2.41 bits per heavy atom. The Morgan fingerprint density at radius 1 is 1.00 bits per heavy atom. The number of esters is 2. The summed E-state index contributed by atoms with van der Waals surface area (Å²) in [6.45, 7) is 1.28. The van der Waals surface area contributed by atoms with Crippen molar-refractivity contribution in [1.82, 2.24) is 5.32 Å². The number of benzene rings is 2. The minimum absolute atomic E-state index is 0.181. The number of rotatable bonds is 13. The Balaban J connectivity index is 1.68. The SMILES string of the molecule is CCOC(=O)c1sc(-c2ccccc2)cc1NC(=O)COC(=O)C(CCSC)NC(=O)c1ccccc1OC. The number of thiophene rings is 1. The Hall–Kier alpha value is -3.83. The highest BCUT2D eigenvalue weighted by Gasteiger charge is 2.25. The van der Waals surface area contributed by atoms with Crippen molar-refractivity contribution in [1.29, 1.82) is 0 Å². The van der Waals surface area contributed by atoms with Crippen LogP contribution in [0.15, 0.2) is 60.7 Å². The zero-order chi connectivity index (χ0) is 28.2.